The Balaban J connectivity index is -0.00000220. The van der Waals surface area contributed by atoms with E-state index in [-0.39, 0.29) is 37.5 Å². The van der Waals surface area contributed by atoms with Crippen molar-refractivity contribution in [3.8, 4) is 0 Å². The van der Waals surface area contributed by atoms with Gasteiger partial charge in [0.15, 0.2) is 0 Å². The molecule has 0 aliphatic heterocycles. The molecule has 0 aromatic heterocycles. The third-order valence-corrected chi connectivity index (χ3v) is 3.95. The van der Waals surface area contributed by atoms with Crippen molar-refractivity contribution in [1.29, 1.82) is 0 Å². The minimum Gasteiger partial charge on any atom is -1.00 e. The second kappa shape index (κ2) is 18.4. The third-order valence-electron chi connectivity index (χ3n) is 3.95. The molecule has 0 aromatic rings. The van der Waals surface area contributed by atoms with Gasteiger partial charge in [-0.05, 0) is 6.42 Å². The molecule has 0 aromatic carbocycles. The van der Waals surface area contributed by atoms with Crippen LogP contribution in [0.3, 0.4) is 0 Å². The van der Waals surface area contributed by atoms with Gasteiger partial charge in [0.1, 0.15) is 0 Å². The van der Waals surface area contributed by atoms with Gasteiger partial charge in [-0.15, -0.1) is 0 Å². The molecule has 5 heteroatoms. The molecule has 0 heterocycles. The summed E-state index contributed by atoms with van der Waals surface area (Å²) >= 11 is 0. The Labute approximate surface area is 166 Å². The van der Waals surface area contributed by atoms with Gasteiger partial charge in [-0.2, -0.15) is 0 Å². The molecule has 0 fully saturated rings. The molecule has 0 spiro atoms. The van der Waals surface area contributed by atoms with Crippen LogP contribution in [-0.4, -0.2) is 18.5 Å². The number of hydrogen-bond acceptors (Lipinski definition) is 4. The number of hydrogen-bond donors (Lipinski definition) is 1. The van der Waals surface area contributed by atoms with Crippen molar-refractivity contribution in [3.05, 3.63) is 0 Å². The van der Waals surface area contributed by atoms with Crippen LogP contribution in [0.5, 0.6) is 0 Å². The quantitative estimate of drug-likeness (QED) is 0.226. The van der Waals surface area contributed by atoms with E-state index in [4.69, 9.17) is 10.5 Å². The molecule has 132 valence electrons. The fourth-order valence-corrected chi connectivity index (χ4v) is 2.29. The summed E-state index contributed by atoms with van der Waals surface area (Å²) in [5, 5.41) is 0. The summed E-state index contributed by atoms with van der Waals surface area (Å²) in [4.78, 5) is 22.8. The van der Waals surface area contributed by atoms with E-state index in [1.165, 1.54) is 51.4 Å². The monoisotopic (exact) mass is 337 g/mol. The van der Waals surface area contributed by atoms with E-state index >= 15 is 0 Å². The molecule has 0 aliphatic carbocycles. The molecular weight excluding hydrogens is 301 g/mol. The van der Waals surface area contributed by atoms with E-state index in [0.29, 0.717) is 6.42 Å². The number of esters is 2. The van der Waals surface area contributed by atoms with Crippen molar-refractivity contribution in [2.24, 2.45) is 11.7 Å². The molecule has 2 N–H and O–H groups in total. The Hall–Kier alpha value is 0.1000. The van der Waals surface area contributed by atoms with E-state index in [1.807, 2.05) is 0 Å². The minimum atomic E-state index is -0.504. The van der Waals surface area contributed by atoms with Crippen molar-refractivity contribution in [2.75, 3.05) is 6.54 Å². The average molecular weight is 337 g/mol. The molecule has 1 unspecified atom stereocenters. The molecule has 0 aliphatic rings. The summed E-state index contributed by atoms with van der Waals surface area (Å²) < 4.78 is 4.74. The normalized spacial score (nSPS) is 11.6. The SMILES string of the molecule is CCCCCCCCCCCCCC(=O)OC(=O)C(C)CN.[H-].[Na+]. The van der Waals surface area contributed by atoms with Crippen molar-refractivity contribution >= 4 is 11.9 Å². The van der Waals surface area contributed by atoms with E-state index in [2.05, 4.69) is 6.92 Å². The standard InChI is InChI=1S/C18H35NO3.Na.H/c1-3-4-5-6-7-8-9-10-11-12-13-14-17(20)22-18(21)16(2)15-19;;/h16H,3-15,19H2,1-2H3;;/q;+1;-1. The Morgan fingerprint density at radius 1 is 0.913 bits per heavy atom. The van der Waals surface area contributed by atoms with Gasteiger partial charge in [0.05, 0.1) is 5.92 Å². The zero-order chi connectivity index (χ0) is 16.6. The number of rotatable bonds is 14. The van der Waals surface area contributed by atoms with E-state index < -0.39 is 17.9 Å². The number of carbonyl (C=O) groups excluding carboxylic acids is 2. The molecule has 4 nitrogen and oxygen atoms in total. The van der Waals surface area contributed by atoms with Crippen LogP contribution in [-0.2, 0) is 14.3 Å². The zero-order valence-electron chi connectivity index (χ0n) is 16.6. The van der Waals surface area contributed by atoms with Gasteiger partial charge < -0.3 is 11.9 Å². The van der Waals surface area contributed by atoms with Crippen LogP contribution in [0.15, 0.2) is 0 Å². The van der Waals surface area contributed by atoms with Gasteiger partial charge in [0, 0.05) is 13.0 Å². The minimum absolute atomic E-state index is 0. The van der Waals surface area contributed by atoms with Crippen LogP contribution >= 0.6 is 0 Å². The summed E-state index contributed by atoms with van der Waals surface area (Å²) in [6, 6.07) is 0. The predicted molar refractivity (Wildman–Crippen MR) is 91.5 cm³/mol. The number of ether oxygens (including phenoxy) is 1. The Bertz CT molecular complexity index is 304. The smallest absolute Gasteiger partial charge is 1.00 e. The molecule has 0 radical (unpaired) electrons. The molecule has 0 saturated carbocycles. The first-order chi connectivity index (χ1) is 10.6. The first kappa shape index (κ1) is 25.3. The zero-order valence-corrected chi connectivity index (χ0v) is 17.6. The molecule has 23 heavy (non-hydrogen) atoms. The van der Waals surface area contributed by atoms with Crippen LogP contribution in [0.2, 0.25) is 0 Å². The van der Waals surface area contributed by atoms with Gasteiger partial charge >= 0.3 is 41.5 Å². The van der Waals surface area contributed by atoms with Crippen molar-refractivity contribution in [2.45, 2.75) is 90.9 Å². The van der Waals surface area contributed by atoms with Gasteiger partial charge in [-0.3, -0.25) is 9.59 Å². The van der Waals surface area contributed by atoms with Crippen LogP contribution in [0.4, 0.5) is 0 Å². The maximum atomic E-state index is 11.5. The van der Waals surface area contributed by atoms with Crippen LogP contribution in [0.1, 0.15) is 92.3 Å². The summed E-state index contributed by atoms with van der Waals surface area (Å²) in [6.45, 7) is 4.12. The number of unbranched alkanes of at least 4 members (excludes halogenated alkanes) is 10. The number of carbonyl (C=O) groups is 2. The first-order valence-electron chi connectivity index (χ1n) is 9.06. The fraction of sp³-hybridized carbons (Fsp3) is 0.889. The van der Waals surface area contributed by atoms with Crippen molar-refractivity contribution < 1.29 is 45.3 Å². The Kier molecular flexibility index (Phi) is 20.3. The predicted octanol–water partition coefficient (Wildman–Crippen LogP) is 1.47. The molecule has 0 amide bonds. The summed E-state index contributed by atoms with van der Waals surface area (Å²) in [5.41, 5.74) is 5.35. The van der Waals surface area contributed by atoms with E-state index in [0.717, 1.165) is 19.3 Å². The van der Waals surface area contributed by atoms with Gasteiger partial charge in [0.2, 0.25) is 0 Å². The second-order valence-electron chi connectivity index (χ2n) is 6.22. The number of nitrogens with two attached hydrogens (primary N) is 1. The topological polar surface area (TPSA) is 69.4 Å². The largest absolute Gasteiger partial charge is 1.00 e. The van der Waals surface area contributed by atoms with Gasteiger partial charge in [-0.1, -0.05) is 78.1 Å². The van der Waals surface area contributed by atoms with Crippen molar-refractivity contribution in [1.82, 2.24) is 0 Å². The second-order valence-corrected chi connectivity index (χ2v) is 6.22. The van der Waals surface area contributed by atoms with E-state index in [1.54, 1.807) is 6.92 Å². The summed E-state index contributed by atoms with van der Waals surface area (Å²) in [5.74, 6) is -1.32. The van der Waals surface area contributed by atoms with Gasteiger partial charge in [-0.25, -0.2) is 0 Å². The Morgan fingerprint density at radius 2 is 1.35 bits per heavy atom. The molecular formula is C18H36NNaO3. The third kappa shape index (κ3) is 16.7. The first-order valence-corrected chi connectivity index (χ1v) is 9.06. The van der Waals surface area contributed by atoms with Gasteiger partial charge in [0.25, 0.3) is 0 Å². The molecule has 0 saturated heterocycles. The van der Waals surface area contributed by atoms with Crippen LogP contribution in [0.25, 0.3) is 0 Å². The Morgan fingerprint density at radius 3 is 1.78 bits per heavy atom. The molecule has 0 bridgehead atoms. The maximum Gasteiger partial charge on any atom is 1.00 e. The summed E-state index contributed by atoms with van der Waals surface area (Å²) in [7, 11) is 0. The summed E-state index contributed by atoms with van der Waals surface area (Å²) in [6.07, 6.45) is 14.0. The maximum absolute atomic E-state index is 11.5. The van der Waals surface area contributed by atoms with E-state index in [9.17, 15) is 9.59 Å². The molecule has 1 atom stereocenters. The van der Waals surface area contributed by atoms with Crippen LogP contribution < -0.4 is 35.3 Å². The average Bonchev–Trinajstić information content (AvgIpc) is 2.51. The molecule has 0 rings (SSSR count). The van der Waals surface area contributed by atoms with Crippen molar-refractivity contribution in [3.63, 3.8) is 0 Å². The van der Waals surface area contributed by atoms with Crippen LogP contribution in [0, 0.1) is 5.92 Å². The fourth-order valence-electron chi connectivity index (χ4n) is 2.29.